The highest BCUT2D eigenvalue weighted by Crippen LogP contribution is 2.19. The summed E-state index contributed by atoms with van der Waals surface area (Å²) in [4.78, 5) is 12.9. The lowest BCUT2D eigenvalue weighted by Gasteiger charge is -2.35. The number of non-ortho nitro benzene ring substituents is 1. The number of hydrogen-bond donors (Lipinski definition) is 1. The summed E-state index contributed by atoms with van der Waals surface area (Å²) in [7, 11) is 0. The van der Waals surface area contributed by atoms with E-state index in [-0.39, 0.29) is 5.69 Å². The molecule has 0 bridgehead atoms. The van der Waals surface area contributed by atoms with Gasteiger partial charge in [-0.1, -0.05) is 48.5 Å². The Balaban J connectivity index is 1.52. The van der Waals surface area contributed by atoms with Crippen LogP contribution in [-0.4, -0.2) is 41.0 Å². The molecule has 0 radical (unpaired) electrons. The molecule has 0 unspecified atom stereocenters. The number of piperazine rings is 1. The van der Waals surface area contributed by atoms with Crippen LogP contribution < -0.4 is 5.43 Å². The van der Waals surface area contributed by atoms with Crippen LogP contribution in [-0.2, 0) is 6.54 Å². The second kappa shape index (κ2) is 8.31. The fourth-order valence-corrected chi connectivity index (χ4v) is 3.14. The van der Waals surface area contributed by atoms with Crippen molar-refractivity contribution in [3.63, 3.8) is 0 Å². The number of benzene rings is 2. The van der Waals surface area contributed by atoms with Gasteiger partial charge in [0.1, 0.15) is 0 Å². The summed E-state index contributed by atoms with van der Waals surface area (Å²) in [5.41, 5.74) is 5.84. The zero-order valence-corrected chi connectivity index (χ0v) is 15.2. The zero-order chi connectivity index (χ0) is 18.5. The second-order valence-electron chi connectivity index (χ2n) is 6.25. The van der Waals surface area contributed by atoms with Gasteiger partial charge in [-0.05, 0) is 11.6 Å². The molecule has 0 aromatic heterocycles. The van der Waals surface area contributed by atoms with Gasteiger partial charge in [-0.3, -0.25) is 15.0 Å². The zero-order valence-electron chi connectivity index (χ0n) is 14.4. The van der Waals surface area contributed by atoms with Crippen molar-refractivity contribution in [2.24, 2.45) is 0 Å². The number of hydrogen-bond acceptors (Lipinski definition) is 5. The third-order valence-corrected chi connectivity index (χ3v) is 4.79. The fourth-order valence-electron chi connectivity index (χ4n) is 2.95. The van der Waals surface area contributed by atoms with Gasteiger partial charge in [-0.25, -0.2) is 5.01 Å². The maximum absolute atomic E-state index is 10.9. The molecule has 0 atom stereocenters. The molecule has 1 heterocycles. The molecule has 136 valence electrons. The second-order valence-corrected chi connectivity index (χ2v) is 6.66. The lowest BCUT2D eigenvalue weighted by atomic mass is 10.1. The molecular weight excluding hydrogens is 352 g/mol. The average molecular weight is 373 g/mol. The van der Waals surface area contributed by atoms with E-state index in [0.717, 1.165) is 48.9 Å². The van der Waals surface area contributed by atoms with Gasteiger partial charge < -0.3 is 5.43 Å². The summed E-state index contributed by atoms with van der Waals surface area (Å²) in [6.07, 6.45) is 0. The first-order chi connectivity index (χ1) is 12.5. The van der Waals surface area contributed by atoms with Crippen molar-refractivity contribution in [1.82, 2.24) is 15.3 Å². The third kappa shape index (κ3) is 4.60. The Kier molecular flexibility index (Phi) is 5.88. The molecule has 2 aromatic carbocycles. The minimum absolute atomic E-state index is 0.0648. The van der Waals surface area contributed by atoms with Crippen molar-refractivity contribution in [3.8, 4) is 0 Å². The number of nitro benzene ring substituents is 1. The Labute approximate surface area is 157 Å². The molecule has 1 aliphatic rings. The maximum atomic E-state index is 10.9. The van der Waals surface area contributed by atoms with Gasteiger partial charge in [-0.15, -0.1) is 0 Å². The van der Waals surface area contributed by atoms with Gasteiger partial charge in [0.25, 0.3) is 5.69 Å². The van der Waals surface area contributed by atoms with Crippen LogP contribution in [0.15, 0.2) is 55.1 Å². The van der Waals surface area contributed by atoms with Crippen molar-refractivity contribution < 1.29 is 4.92 Å². The highest BCUT2D eigenvalue weighted by Gasteiger charge is 2.18. The predicted molar refractivity (Wildman–Crippen MR) is 104 cm³/mol. The number of hydrazine groups is 1. The van der Waals surface area contributed by atoms with Gasteiger partial charge in [0.05, 0.1) is 4.92 Å². The quantitative estimate of drug-likeness (QED) is 0.620. The smallest absolute Gasteiger partial charge is 0.270 e. The van der Waals surface area contributed by atoms with Crippen molar-refractivity contribution in [3.05, 3.63) is 81.4 Å². The first kappa shape index (κ1) is 18.4. The number of nitro groups is 1. The first-order valence-electron chi connectivity index (χ1n) is 8.44. The summed E-state index contributed by atoms with van der Waals surface area (Å²) in [6, 6.07) is 14.4. The van der Waals surface area contributed by atoms with Crippen molar-refractivity contribution in [2.75, 3.05) is 26.2 Å². The molecule has 1 fully saturated rings. The molecule has 26 heavy (non-hydrogen) atoms. The normalized spacial score (nSPS) is 15.6. The molecule has 1 saturated heterocycles. The van der Waals surface area contributed by atoms with Crippen LogP contribution in [0.1, 0.15) is 11.1 Å². The predicted octanol–water partition coefficient (Wildman–Crippen LogP) is 3.54. The molecule has 2 aromatic rings. The topological polar surface area (TPSA) is 61.6 Å². The molecular formula is C19H21ClN4O2. The van der Waals surface area contributed by atoms with Gasteiger partial charge in [0.2, 0.25) is 0 Å². The summed E-state index contributed by atoms with van der Waals surface area (Å²) in [6.45, 7) is 8.31. The average Bonchev–Trinajstić information content (AvgIpc) is 2.65. The van der Waals surface area contributed by atoms with E-state index in [2.05, 4.69) is 28.0 Å². The van der Waals surface area contributed by atoms with Gasteiger partial charge in [-0.2, -0.15) is 0 Å². The van der Waals surface area contributed by atoms with E-state index in [1.165, 1.54) is 12.1 Å². The lowest BCUT2D eigenvalue weighted by molar-refractivity contribution is -0.384. The van der Waals surface area contributed by atoms with E-state index in [1.54, 1.807) is 6.07 Å². The van der Waals surface area contributed by atoms with Crippen LogP contribution in [0.5, 0.6) is 0 Å². The van der Waals surface area contributed by atoms with Crippen LogP contribution in [0.2, 0.25) is 5.02 Å². The molecule has 1 N–H and O–H groups in total. The van der Waals surface area contributed by atoms with Crippen molar-refractivity contribution in [1.29, 1.82) is 0 Å². The third-order valence-electron chi connectivity index (χ3n) is 4.42. The van der Waals surface area contributed by atoms with E-state index in [4.69, 9.17) is 11.6 Å². The van der Waals surface area contributed by atoms with E-state index in [9.17, 15) is 10.1 Å². The molecule has 0 amide bonds. The van der Waals surface area contributed by atoms with Crippen LogP contribution in [0, 0.1) is 10.1 Å². The van der Waals surface area contributed by atoms with Gasteiger partial charge in [0.15, 0.2) is 0 Å². The highest BCUT2D eigenvalue weighted by atomic mass is 35.5. The summed E-state index contributed by atoms with van der Waals surface area (Å²) < 4.78 is 0. The van der Waals surface area contributed by atoms with E-state index in [0.29, 0.717) is 5.70 Å². The SMILES string of the molecule is C=C(NN1CCN(Cc2ccccc2Cl)CC1)c1cccc([N+](=O)[O-])c1. The number of nitrogens with one attached hydrogen (secondary N) is 1. The summed E-state index contributed by atoms with van der Waals surface area (Å²) in [5, 5.41) is 13.8. The largest absolute Gasteiger partial charge is 0.319 e. The molecule has 0 aliphatic carbocycles. The Hall–Kier alpha value is -2.41. The summed E-state index contributed by atoms with van der Waals surface area (Å²) >= 11 is 6.23. The van der Waals surface area contributed by atoms with Crippen LogP contribution >= 0.6 is 11.6 Å². The molecule has 0 saturated carbocycles. The van der Waals surface area contributed by atoms with E-state index < -0.39 is 4.92 Å². The van der Waals surface area contributed by atoms with E-state index in [1.807, 2.05) is 24.3 Å². The van der Waals surface area contributed by atoms with Gasteiger partial charge in [0, 0.05) is 61.1 Å². The van der Waals surface area contributed by atoms with E-state index >= 15 is 0 Å². The monoisotopic (exact) mass is 372 g/mol. The van der Waals surface area contributed by atoms with Crippen LogP contribution in [0.4, 0.5) is 5.69 Å². The molecule has 3 rings (SSSR count). The minimum atomic E-state index is -0.399. The number of halogens is 1. The number of rotatable bonds is 6. The lowest BCUT2D eigenvalue weighted by Crippen LogP contribution is -2.50. The Morgan fingerprint density at radius 1 is 1.15 bits per heavy atom. The van der Waals surface area contributed by atoms with Gasteiger partial charge >= 0.3 is 0 Å². The molecule has 6 nitrogen and oxygen atoms in total. The Bertz CT molecular complexity index is 804. The minimum Gasteiger partial charge on any atom is -0.319 e. The molecule has 1 aliphatic heterocycles. The first-order valence-corrected chi connectivity index (χ1v) is 8.82. The molecule has 7 heteroatoms. The Morgan fingerprint density at radius 3 is 2.58 bits per heavy atom. The van der Waals surface area contributed by atoms with Crippen molar-refractivity contribution >= 4 is 23.0 Å². The highest BCUT2D eigenvalue weighted by molar-refractivity contribution is 6.31. The number of nitrogens with zero attached hydrogens (tertiary/aromatic N) is 3. The fraction of sp³-hybridized carbons (Fsp3) is 0.263. The summed E-state index contributed by atoms with van der Waals surface area (Å²) in [5.74, 6) is 0. The van der Waals surface area contributed by atoms with Crippen LogP contribution in [0.3, 0.4) is 0 Å². The molecule has 0 spiro atoms. The van der Waals surface area contributed by atoms with Crippen LogP contribution in [0.25, 0.3) is 5.70 Å². The van der Waals surface area contributed by atoms with Crippen molar-refractivity contribution in [2.45, 2.75) is 6.54 Å². The standard InChI is InChI=1S/C19H21ClN4O2/c1-15(16-6-4-7-18(13-16)24(25)26)21-23-11-9-22(10-12-23)14-17-5-2-3-8-19(17)20/h2-8,13,21H,1,9-12,14H2. The maximum Gasteiger partial charge on any atom is 0.270 e. The Morgan fingerprint density at radius 2 is 1.88 bits per heavy atom.